The van der Waals surface area contributed by atoms with Crippen LogP contribution in [0.1, 0.15) is 24.7 Å². The van der Waals surface area contributed by atoms with Crippen molar-refractivity contribution in [3.63, 3.8) is 0 Å². The average molecular weight is 342 g/mol. The highest BCUT2D eigenvalue weighted by molar-refractivity contribution is 9.10. The van der Waals surface area contributed by atoms with E-state index < -0.39 is 11.6 Å². The SMILES string of the molecule is CCCc1nc(Br)cc(NCc2ccc(F)cc2F)n1. The van der Waals surface area contributed by atoms with E-state index in [9.17, 15) is 8.78 Å². The Kier molecular flexibility index (Phi) is 5.00. The molecule has 106 valence electrons. The summed E-state index contributed by atoms with van der Waals surface area (Å²) in [7, 11) is 0. The topological polar surface area (TPSA) is 37.8 Å². The molecule has 20 heavy (non-hydrogen) atoms. The number of hydrogen-bond donors (Lipinski definition) is 1. The summed E-state index contributed by atoms with van der Waals surface area (Å²) < 4.78 is 27.0. The van der Waals surface area contributed by atoms with E-state index in [1.165, 1.54) is 12.1 Å². The van der Waals surface area contributed by atoms with E-state index >= 15 is 0 Å². The summed E-state index contributed by atoms with van der Waals surface area (Å²) in [6, 6.07) is 5.25. The summed E-state index contributed by atoms with van der Waals surface area (Å²) in [4.78, 5) is 8.59. The van der Waals surface area contributed by atoms with Crippen molar-refractivity contribution in [2.24, 2.45) is 0 Å². The van der Waals surface area contributed by atoms with Gasteiger partial charge in [-0.05, 0) is 28.4 Å². The first-order valence-electron chi connectivity index (χ1n) is 6.29. The van der Waals surface area contributed by atoms with Gasteiger partial charge in [0.05, 0.1) is 0 Å². The Morgan fingerprint density at radius 3 is 2.70 bits per heavy atom. The predicted octanol–water partition coefficient (Wildman–Crippen LogP) is 4.08. The first kappa shape index (κ1) is 14.8. The minimum Gasteiger partial charge on any atom is -0.366 e. The van der Waals surface area contributed by atoms with Crippen molar-refractivity contribution in [1.29, 1.82) is 0 Å². The first-order chi connectivity index (χ1) is 9.58. The average Bonchev–Trinajstić information content (AvgIpc) is 2.37. The van der Waals surface area contributed by atoms with Gasteiger partial charge in [0.1, 0.15) is 27.9 Å². The maximum atomic E-state index is 13.5. The molecule has 2 aromatic rings. The van der Waals surface area contributed by atoms with Crippen molar-refractivity contribution < 1.29 is 8.78 Å². The van der Waals surface area contributed by atoms with Crippen molar-refractivity contribution >= 4 is 21.7 Å². The molecule has 0 fully saturated rings. The lowest BCUT2D eigenvalue weighted by Gasteiger charge is -2.08. The molecule has 0 saturated heterocycles. The van der Waals surface area contributed by atoms with Gasteiger partial charge < -0.3 is 5.32 Å². The summed E-state index contributed by atoms with van der Waals surface area (Å²) in [5.41, 5.74) is 0.387. The van der Waals surface area contributed by atoms with E-state index in [2.05, 4.69) is 31.2 Å². The van der Waals surface area contributed by atoms with Gasteiger partial charge in [0, 0.05) is 30.7 Å². The Labute approximate surface area is 124 Å². The number of rotatable bonds is 5. The zero-order valence-corrected chi connectivity index (χ0v) is 12.5. The van der Waals surface area contributed by atoms with Crippen LogP contribution in [0.25, 0.3) is 0 Å². The molecular weight excluding hydrogens is 328 g/mol. The highest BCUT2D eigenvalue weighted by Gasteiger charge is 2.06. The first-order valence-corrected chi connectivity index (χ1v) is 7.09. The molecule has 0 aliphatic rings. The molecule has 1 N–H and O–H groups in total. The van der Waals surface area contributed by atoms with Crippen molar-refractivity contribution in [3.8, 4) is 0 Å². The lowest BCUT2D eigenvalue weighted by Crippen LogP contribution is -2.06. The summed E-state index contributed by atoms with van der Waals surface area (Å²) in [6.07, 6.45) is 1.72. The van der Waals surface area contributed by atoms with E-state index in [4.69, 9.17) is 0 Å². The van der Waals surface area contributed by atoms with Crippen LogP contribution in [-0.2, 0) is 13.0 Å². The Morgan fingerprint density at radius 2 is 2.00 bits per heavy atom. The van der Waals surface area contributed by atoms with Gasteiger partial charge in [-0.2, -0.15) is 0 Å². The van der Waals surface area contributed by atoms with Gasteiger partial charge in [-0.25, -0.2) is 18.7 Å². The standard InChI is InChI=1S/C14H14BrF2N3/c1-2-3-13-19-12(15)7-14(20-13)18-8-9-4-5-10(16)6-11(9)17/h4-7H,2-3,8H2,1H3,(H,18,19,20). The maximum Gasteiger partial charge on any atom is 0.132 e. The normalized spacial score (nSPS) is 10.6. The van der Waals surface area contributed by atoms with Crippen LogP contribution in [0.2, 0.25) is 0 Å². The number of aromatic nitrogens is 2. The lowest BCUT2D eigenvalue weighted by molar-refractivity contribution is 0.574. The molecule has 0 amide bonds. The van der Waals surface area contributed by atoms with Crippen LogP contribution in [0, 0.1) is 11.6 Å². The number of anilines is 1. The van der Waals surface area contributed by atoms with Gasteiger partial charge in [-0.15, -0.1) is 0 Å². The van der Waals surface area contributed by atoms with Crippen LogP contribution in [-0.4, -0.2) is 9.97 Å². The molecule has 1 aromatic carbocycles. The summed E-state index contributed by atoms with van der Waals surface area (Å²) in [5, 5.41) is 3.02. The largest absolute Gasteiger partial charge is 0.366 e. The van der Waals surface area contributed by atoms with E-state index in [0.29, 0.717) is 16.0 Å². The van der Waals surface area contributed by atoms with E-state index in [1.807, 2.05) is 6.92 Å². The molecule has 0 atom stereocenters. The fourth-order valence-corrected chi connectivity index (χ4v) is 2.16. The summed E-state index contributed by atoms with van der Waals surface area (Å²) in [5.74, 6) is 0.184. The van der Waals surface area contributed by atoms with Crippen LogP contribution < -0.4 is 5.32 Å². The van der Waals surface area contributed by atoms with Crippen LogP contribution in [0.15, 0.2) is 28.9 Å². The second-order valence-electron chi connectivity index (χ2n) is 4.33. The van der Waals surface area contributed by atoms with Crippen molar-refractivity contribution in [2.75, 3.05) is 5.32 Å². The third-order valence-corrected chi connectivity index (χ3v) is 3.10. The Bertz CT molecular complexity index is 605. The molecule has 1 heterocycles. The number of nitrogens with one attached hydrogen (secondary N) is 1. The summed E-state index contributed by atoms with van der Waals surface area (Å²) >= 11 is 3.32. The minimum absolute atomic E-state index is 0.237. The molecule has 0 radical (unpaired) electrons. The molecule has 0 aliphatic heterocycles. The second kappa shape index (κ2) is 6.74. The molecule has 0 spiro atoms. The van der Waals surface area contributed by atoms with Crippen LogP contribution >= 0.6 is 15.9 Å². The van der Waals surface area contributed by atoms with Gasteiger partial charge in [-0.3, -0.25) is 0 Å². The Balaban J connectivity index is 2.10. The van der Waals surface area contributed by atoms with Gasteiger partial charge >= 0.3 is 0 Å². The maximum absolute atomic E-state index is 13.5. The molecule has 0 aliphatic carbocycles. The quantitative estimate of drug-likeness (QED) is 0.832. The number of nitrogens with zero attached hydrogens (tertiary/aromatic N) is 2. The van der Waals surface area contributed by atoms with Crippen molar-refractivity contribution in [1.82, 2.24) is 9.97 Å². The number of aryl methyl sites for hydroxylation is 1. The highest BCUT2D eigenvalue weighted by atomic mass is 79.9. The van der Waals surface area contributed by atoms with Gasteiger partial charge in [0.25, 0.3) is 0 Å². The fourth-order valence-electron chi connectivity index (χ4n) is 1.74. The van der Waals surface area contributed by atoms with E-state index in [-0.39, 0.29) is 6.54 Å². The van der Waals surface area contributed by atoms with Gasteiger partial charge in [0.2, 0.25) is 0 Å². The third-order valence-electron chi connectivity index (χ3n) is 2.69. The smallest absolute Gasteiger partial charge is 0.132 e. The highest BCUT2D eigenvalue weighted by Crippen LogP contribution is 2.16. The monoisotopic (exact) mass is 341 g/mol. The van der Waals surface area contributed by atoms with Crippen LogP contribution in [0.4, 0.5) is 14.6 Å². The van der Waals surface area contributed by atoms with Gasteiger partial charge in [-0.1, -0.05) is 13.0 Å². The molecule has 3 nitrogen and oxygen atoms in total. The number of hydrogen-bond acceptors (Lipinski definition) is 3. The van der Waals surface area contributed by atoms with Crippen LogP contribution in [0.5, 0.6) is 0 Å². The third kappa shape index (κ3) is 3.96. The fraction of sp³-hybridized carbons (Fsp3) is 0.286. The van der Waals surface area contributed by atoms with Crippen molar-refractivity contribution in [3.05, 3.63) is 51.9 Å². The number of benzene rings is 1. The van der Waals surface area contributed by atoms with Crippen molar-refractivity contribution in [2.45, 2.75) is 26.3 Å². The van der Waals surface area contributed by atoms with Crippen LogP contribution in [0.3, 0.4) is 0 Å². The molecule has 6 heteroatoms. The molecule has 2 rings (SSSR count). The zero-order valence-electron chi connectivity index (χ0n) is 11.0. The Morgan fingerprint density at radius 1 is 1.20 bits per heavy atom. The van der Waals surface area contributed by atoms with E-state index in [1.54, 1.807) is 6.07 Å². The lowest BCUT2D eigenvalue weighted by atomic mass is 10.2. The second-order valence-corrected chi connectivity index (χ2v) is 5.14. The molecular formula is C14H14BrF2N3. The number of halogens is 3. The molecule has 0 bridgehead atoms. The molecule has 0 unspecified atom stereocenters. The van der Waals surface area contributed by atoms with E-state index in [0.717, 1.165) is 24.7 Å². The molecule has 0 saturated carbocycles. The summed E-state index contributed by atoms with van der Waals surface area (Å²) in [6.45, 7) is 2.28. The minimum atomic E-state index is -0.582. The zero-order chi connectivity index (χ0) is 14.5. The van der Waals surface area contributed by atoms with Gasteiger partial charge in [0.15, 0.2) is 0 Å². The molecule has 1 aromatic heterocycles. The predicted molar refractivity (Wildman–Crippen MR) is 77.4 cm³/mol. The Hall–Kier alpha value is -1.56.